The smallest absolute Gasteiger partial charge is 0.0703 e. The van der Waals surface area contributed by atoms with Gasteiger partial charge in [-0.1, -0.05) is 41.4 Å². The van der Waals surface area contributed by atoms with E-state index in [2.05, 4.69) is 9.98 Å². The Morgan fingerprint density at radius 1 is 1.00 bits per heavy atom. The molecule has 0 N–H and O–H groups in total. The van der Waals surface area contributed by atoms with Crippen LogP contribution in [0.25, 0.3) is 10.9 Å². The van der Waals surface area contributed by atoms with E-state index in [4.69, 9.17) is 23.2 Å². The molecule has 0 aliphatic carbocycles. The van der Waals surface area contributed by atoms with Crippen LogP contribution >= 0.6 is 23.2 Å². The van der Waals surface area contributed by atoms with Gasteiger partial charge in [0.05, 0.1) is 21.2 Å². The maximum absolute atomic E-state index is 6.12. The van der Waals surface area contributed by atoms with Crippen molar-refractivity contribution in [3.05, 3.63) is 70.3 Å². The third kappa shape index (κ3) is 2.67. The maximum Gasteiger partial charge on any atom is 0.0703 e. The Balaban J connectivity index is 1.96. The van der Waals surface area contributed by atoms with Crippen LogP contribution in [0.1, 0.15) is 5.56 Å². The number of aromatic nitrogens is 1. The second kappa shape index (κ2) is 5.61. The second-order valence-corrected chi connectivity index (χ2v) is 5.07. The number of hydrogen-bond acceptors (Lipinski definition) is 2. The predicted octanol–water partition coefficient (Wildman–Crippen LogP) is 5.29. The quantitative estimate of drug-likeness (QED) is 0.590. The fourth-order valence-electron chi connectivity index (χ4n) is 1.91. The topological polar surface area (TPSA) is 25.2 Å². The van der Waals surface area contributed by atoms with Crippen molar-refractivity contribution in [2.45, 2.75) is 0 Å². The minimum absolute atomic E-state index is 0.514. The molecule has 98 valence electrons. The third-order valence-electron chi connectivity index (χ3n) is 2.92. The van der Waals surface area contributed by atoms with Gasteiger partial charge in [-0.05, 0) is 30.3 Å². The van der Waals surface area contributed by atoms with Crippen LogP contribution in [0.5, 0.6) is 0 Å². The molecule has 0 amide bonds. The van der Waals surface area contributed by atoms with Crippen LogP contribution in [0.15, 0.2) is 59.7 Å². The first-order valence-electron chi connectivity index (χ1n) is 6.07. The van der Waals surface area contributed by atoms with Gasteiger partial charge in [-0.3, -0.25) is 9.98 Å². The average molecular weight is 301 g/mol. The minimum atomic E-state index is 0.514. The SMILES string of the molecule is Clc1cccc(C=Nc2ccc3ncccc3c2)c1Cl. The molecule has 3 rings (SSSR count). The van der Waals surface area contributed by atoms with Crippen LogP contribution in [-0.2, 0) is 0 Å². The number of rotatable bonds is 2. The molecule has 0 aliphatic rings. The fourth-order valence-corrected chi connectivity index (χ4v) is 2.26. The number of nitrogens with zero attached hydrogens (tertiary/aromatic N) is 2. The Kier molecular flexibility index (Phi) is 3.68. The molecule has 3 aromatic rings. The Bertz CT molecular complexity index is 797. The predicted molar refractivity (Wildman–Crippen MR) is 85.5 cm³/mol. The fraction of sp³-hybridized carbons (Fsp3) is 0. The first-order chi connectivity index (χ1) is 9.74. The molecule has 0 saturated heterocycles. The molecule has 0 spiro atoms. The monoisotopic (exact) mass is 300 g/mol. The van der Waals surface area contributed by atoms with Gasteiger partial charge in [0.25, 0.3) is 0 Å². The van der Waals surface area contributed by atoms with Crippen molar-refractivity contribution >= 4 is 46.0 Å². The van der Waals surface area contributed by atoms with Crippen molar-refractivity contribution in [3.8, 4) is 0 Å². The molecular weight excluding hydrogens is 291 g/mol. The lowest BCUT2D eigenvalue weighted by molar-refractivity contribution is 1.41. The molecule has 0 fully saturated rings. The number of fused-ring (bicyclic) bond motifs is 1. The molecule has 0 radical (unpaired) electrons. The zero-order valence-electron chi connectivity index (χ0n) is 10.4. The van der Waals surface area contributed by atoms with Gasteiger partial charge in [-0.25, -0.2) is 0 Å². The Morgan fingerprint density at radius 3 is 2.80 bits per heavy atom. The number of pyridine rings is 1. The van der Waals surface area contributed by atoms with Gasteiger partial charge in [0.2, 0.25) is 0 Å². The molecule has 0 unspecified atom stereocenters. The van der Waals surface area contributed by atoms with Crippen molar-refractivity contribution < 1.29 is 0 Å². The first kappa shape index (κ1) is 13.1. The number of aliphatic imine (C=N–C) groups is 1. The van der Waals surface area contributed by atoms with E-state index < -0.39 is 0 Å². The van der Waals surface area contributed by atoms with Crippen LogP contribution in [-0.4, -0.2) is 11.2 Å². The Labute approximate surface area is 126 Å². The van der Waals surface area contributed by atoms with Crippen molar-refractivity contribution in [2.24, 2.45) is 4.99 Å². The van der Waals surface area contributed by atoms with Crippen LogP contribution in [0.4, 0.5) is 5.69 Å². The Hall–Kier alpha value is -1.90. The summed E-state index contributed by atoms with van der Waals surface area (Å²) in [6.45, 7) is 0. The van der Waals surface area contributed by atoms with E-state index in [0.717, 1.165) is 22.2 Å². The highest BCUT2D eigenvalue weighted by atomic mass is 35.5. The summed E-state index contributed by atoms with van der Waals surface area (Å²) in [5.41, 5.74) is 2.60. The molecule has 2 nitrogen and oxygen atoms in total. The highest BCUT2D eigenvalue weighted by Crippen LogP contribution is 2.25. The van der Waals surface area contributed by atoms with E-state index >= 15 is 0 Å². The van der Waals surface area contributed by atoms with Crippen LogP contribution in [0.3, 0.4) is 0 Å². The highest BCUT2D eigenvalue weighted by molar-refractivity contribution is 6.43. The van der Waals surface area contributed by atoms with Gasteiger partial charge in [0.15, 0.2) is 0 Å². The lowest BCUT2D eigenvalue weighted by Crippen LogP contribution is -1.83. The standard InChI is InChI=1S/C16H10Cl2N2/c17-14-5-1-3-12(16(14)18)10-20-13-6-7-15-11(9-13)4-2-8-19-15/h1-10H. The van der Waals surface area contributed by atoms with Gasteiger partial charge in [-0.2, -0.15) is 0 Å². The molecule has 1 aromatic heterocycles. The van der Waals surface area contributed by atoms with E-state index in [1.54, 1.807) is 18.5 Å². The summed E-state index contributed by atoms with van der Waals surface area (Å²) in [5, 5.41) is 2.10. The number of hydrogen-bond donors (Lipinski definition) is 0. The molecule has 2 aromatic carbocycles. The zero-order valence-corrected chi connectivity index (χ0v) is 11.9. The third-order valence-corrected chi connectivity index (χ3v) is 3.75. The molecule has 4 heteroatoms. The molecule has 0 aliphatic heterocycles. The van der Waals surface area contributed by atoms with E-state index in [1.165, 1.54) is 0 Å². The lowest BCUT2D eigenvalue weighted by atomic mass is 10.2. The normalized spacial score (nSPS) is 11.3. The van der Waals surface area contributed by atoms with Gasteiger partial charge in [0, 0.05) is 23.4 Å². The molecule has 0 bridgehead atoms. The molecule has 0 atom stereocenters. The largest absolute Gasteiger partial charge is 0.256 e. The van der Waals surface area contributed by atoms with Crippen molar-refractivity contribution in [3.63, 3.8) is 0 Å². The number of halogens is 2. The first-order valence-corrected chi connectivity index (χ1v) is 6.82. The van der Waals surface area contributed by atoms with Gasteiger partial charge in [-0.15, -0.1) is 0 Å². The minimum Gasteiger partial charge on any atom is -0.256 e. The maximum atomic E-state index is 6.12. The summed E-state index contributed by atoms with van der Waals surface area (Å²) in [7, 11) is 0. The molecule has 0 saturated carbocycles. The molecule has 1 heterocycles. The van der Waals surface area contributed by atoms with Crippen molar-refractivity contribution in [2.75, 3.05) is 0 Å². The summed E-state index contributed by atoms with van der Waals surface area (Å²) in [6.07, 6.45) is 3.49. The van der Waals surface area contributed by atoms with Gasteiger partial charge in [0.1, 0.15) is 0 Å². The van der Waals surface area contributed by atoms with Crippen LogP contribution in [0.2, 0.25) is 10.0 Å². The van der Waals surface area contributed by atoms with Crippen molar-refractivity contribution in [1.29, 1.82) is 0 Å². The van der Waals surface area contributed by atoms with E-state index in [-0.39, 0.29) is 0 Å². The average Bonchev–Trinajstić information content (AvgIpc) is 2.48. The Morgan fingerprint density at radius 2 is 1.90 bits per heavy atom. The van der Waals surface area contributed by atoms with E-state index in [0.29, 0.717) is 10.0 Å². The van der Waals surface area contributed by atoms with Crippen LogP contribution < -0.4 is 0 Å². The van der Waals surface area contributed by atoms with E-state index in [9.17, 15) is 0 Å². The summed E-state index contributed by atoms with van der Waals surface area (Å²) in [6, 6.07) is 15.2. The zero-order chi connectivity index (χ0) is 13.9. The van der Waals surface area contributed by atoms with Crippen molar-refractivity contribution in [1.82, 2.24) is 4.98 Å². The van der Waals surface area contributed by atoms with Gasteiger partial charge >= 0.3 is 0 Å². The molecule has 20 heavy (non-hydrogen) atoms. The summed E-state index contributed by atoms with van der Waals surface area (Å²) < 4.78 is 0. The van der Waals surface area contributed by atoms with Gasteiger partial charge < -0.3 is 0 Å². The number of benzene rings is 2. The molecular formula is C16H10Cl2N2. The van der Waals surface area contributed by atoms with Crippen LogP contribution in [0, 0.1) is 0 Å². The summed E-state index contributed by atoms with van der Waals surface area (Å²) in [4.78, 5) is 8.71. The summed E-state index contributed by atoms with van der Waals surface area (Å²) >= 11 is 12.1. The second-order valence-electron chi connectivity index (χ2n) is 4.28. The highest BCUT2D eigenvalue weighted by Gasteiger charge is 2.01. The van der Waals surface area contributed by atoms with E-state index in [1.807, 2.05) is 42.5 Å². The summed E-state index contributed by atoms with van der Waals surface area (Å²) in [5.74, 6) is 0. The lowest BCUT2D eigenvalue weighted by Gasteiger charge is -2.00.